The molecule has 1 aliphatic heterocycles. The lowest BCUT2D eigenvalue weighted by molar-refractivity contribution is -0.115. The van der Waals surface area contributed by atoms with E-state index in [1.165, 1.54) is 0 Å². The highest BCUT2D eigenvalue weighted by atomic mass is 32.2. The van der Waals surface area contributed by atoms with Gasteiger partial charge in [0.15, 0.2) is 0 Å². The maximum atomic E-state index is 11.7. The molecule has 5 nitrogen and oxygen atoms in total. The van der Waals surface area contributed by atoms with Crippen molar-refractivity contribution in [3.63, 3.8) is 0 Å². The molecule has 0 aliphatic carbocycles. The summed E-state index contributed by atoms with van der Waals surface area (Å²) in [5.41, 5.74) is 3.63. The van der Waals surface area contributed by atoms with Crippen molar-refractivity contribution in [2.45, 2.75) is 6.61 Å². The van der Waals surface area contributed by atoms with E-state index < -0.39 is 0 Å². The summed E-state index contributed by atoms with van der Waals surface area (Å²) in [6.07, 6.45) is 3.37. The Hall–Kier alpha value is -3.38. The summed E-state index contributed by atoms with van der Waals surface area (Å²) in [7, 11) is 0. The van der Waals surface area contributed by atoms with E-state index in [0.29, 0.717) is 11.5 Å². The lowest BCUT2D eigenvalue weighted by Gasteiger charge is -2.08. The van der Waals surface area contributed by atoms with Crippen molar-refractivity contribution in [3.8, 4) is 17.0 Å². The van der Waals surface area contributed by atoms with Crippen LogP contribution in [0.3, 0.4) is 0 Å². The Kier molecular flexibility index (Phi) is 5.21. The lowest BCUT2D eigenvalue weighted by atomic mass is 10.1. The van der Waals surface area contributed by atoms with Gasteiger partial charge in [0, 0.05) is 11.8 Å². The van der Waals surface area contributed by atoms with Crippen molar-refractivity contribution in [1.82, 2.24) is 10.3 Å². The van der Waals surface area contributed by atoms with Gasteiger partial charge in [-0.15, -0.1) is 0 Å². The molecule has 0 unspecified atom stereocenters. The molecule has 2 heterocycles. The largest absolute Gasteiger partial charge is 0.489 e. The minimum Gasteiger partial charge on any atom is -0.489 e. The number of benzene rings is 2. The van der Waals surface area contributed by atoms with Gasteiger partial charge in [-0.05, 0) is 65.4 Å². The molecule has 0 radical (unpaired) electrons. The number of hydrogen-bond donors (Lipinski definition) is 1. The first kappa shape index (κ1) is 18.0. The maximum Gasteiger partial charge on any atom is 0.290 e. The molecule has 0 saturated carbocycles. The van der Waals surface area contributed by atoms with E-state index in [1.54, 1.807) is 18.3 Å². The standard InChI is InChI=1S/C22H16N2O3S/c25-21-20(28-22(26)24-21)13-16-10-11-23-19(12-16)17-6-8-18(9-7-17)27-14-15-4-2-1-3-5-15/h1-13H,14H2,(H,24,25,26). The van der Waals surface area contributed by atoms with Crippen LogP contribution in [-0.4, -0.2) is 16.1 Å². The van der Waals surface area contributed by atoms with Crippen LogP contribution in [0.25, 0.3) is 17.3 Å². The average Bonchev–Trinajstić information content (AvgIpc) is 3.04. The van der Waals surface area contributed by atoms with Gasteiger partial charge in [0.1, 0.15) is 12.4 Å². The van der Waals surface area contributed by atoms with Gasteiger partial charge in [0.05, 0.1) is 10.6 Å². The van der Waals surface area contributed by atoms with Crippen molar-refractivity contribution >= 4 is 29.0 Å². The summed E-state index contributed by atoms with van der Waals surface area (Å²) in [5, 5.41) is 1.90. The number of carbonyl (C=O) groups is 2. The molecule has 3 aromatic rings. The highest BCUT2D eigenvalue weighted by Gasteiger charge is 2.24. The van der Waals surface area contributed by atoms with Gasteiger partial charge in [-0.3, -0.25) is 19.9 Å². The number of rotatable bonds is 5. The highest BCUT2D eigenvalue weighted by molar-refractivity contribution is 8.18. The number of pyridine rings is 1. The number of ether oxygens (including phenoxy) is 1. The van der Waals surface area contributed by atoms with Gasteiger partial charge in [-0.1, -0.05) is 30.3 Å². The van der Waals surface area contributed by atoms with Crippen molar-refractivity contribution in [1.29, 1.82) is 0 Å². The molecule has 138 valence electrons. The summed E-state index contributed by atoms with van der Waals surface area (Å²) < 4.78 is 5.81. The number of imide groups is 1. The quantitative estimate of drug-likeness (QED) is 0.644. The Morgan fingerprint density at radius 2 is 1.79 bits per heavy atom. The van der Waals surface area contributed by atoms with Crippen LogP contribution in [0, 0.1) is 0 Å². The summed E-state index contributed by atoms with van der Waals surface area (Å²) in [6, 6.07) is 21.4. The fourth-order valence-corrected chi connectivity index (χ4v) is 3.41. The second-order valence-corrected chi connectivity index (χ2v) is 7.14. The van der Waals surface area contributed by atoms with Gasteiger partial charge in [-0.2, -0.15) is 0 Å². The van der Waals surface area contributed by atoms with Crippen molar-refractivity contribution in [3.05, 3.63) is 89.0 Å². The van der Waals surface area contributed by atoms with E-state index in [-0.39, 0.29) is 11.1 Å². The van der Waals surface area contributed by atoms with Crippen LogP contribution in [0.5, 0.6) is 5.75 Å². The summed E-state index contributed by atoms with van der Waals surface area (Å²) in [5.74, 6) is 0.414. The van der Waals surface area contributed by atoms with E-state index >= 15 is 0 Å². The van der Waals surface area contributed by atoms with Gasteiger partial charge in [0.25, 0.3) is 11.1 Å². The Morgan fingerprint density at radius 1 is 1.00 bits per heavy atom. The number of aromatic nitrogens is 1. The van der Waals surface area contributed by atoms with E-state index in [2.05, 4.69) is 10.3 Å². The van der Waals surface area contributed by atoms with Crippen LogP contribution in [0.1, 0.15) is 11.1 Å². The molecule has 1 fully saturated rings. The topological polar surface area (TPSA) is 68.3 Å². The van der Waals surface area contributed by atoms with Crippen LogP contribution >= 0.6 is 11.8 Å². The molecule has 4 rings (SSSR count). The van der Waals surface area contributed by atoms with E-state index in [1.807, 2.05) is 60.7 Å². The fourth-order valence-electron chi connectivity index (χ4n) is 2.73. The zero-order chi connectivity index (χ0) is 19.3. The Labute approximate surface area is 166 Å². The number of thioether (sulfide) groups is 1. The lowest BCUT2D eigenvalue weighted by Crippen LogP contribution is -2.17. The molecule has 1 aliphatic rings. The van der Waals surface area contributed by atoms with Crippen molar-refractivity contribution in [2.75, 3.05) is 0 Å². The Morgan fingerprint density at radius 3 is 2.50 bits per heavy atom. The summed E-state index contributed by atoms with van der Waals surface area (Å²) in [4.78, 5) is 27.8. The number of nitrogens with zero attached hydrogens (tertiary/aromatic N) is 1. The second-order valence-electron chi connectivity index (χ2n) is 6.13. The molecule has 0 spiro atoms. The predicted molar refractivity (Wildman–Crippen MR) is 110 cm³/mol. The predicted octanol–water partition coefficient (Wildman–Crippen LogP) is 4.65. The molecule has 1 aromatic heterocycles. The van der Waals surface area contributed by atoms with Gasteiger partial charge in [0.2, 0.25) is 0 Å². The first-order valence-electron chi connectivity index (χ1n) is 8.65. The number of amides is 2. The number of hydrogen-bond acceptors (Lipinski definition) is 5. The minimum absolute atomic E-state index is 0.350. The SMILES string of the molecule is O=C1NC(=O)C(=Cc2ccnc(-c3ccc(OCc4ccccc4)cc3)c2)S1. The minimum atomic E-state index is -0.367. The maximum absolute atomic E-state index is 11.7. The molecule has 2 aromatic carbocycles. The Bertz CT molecular complexity index is 1050. The van der Waals surface area contributed by atoms with Crippen LogP contribution in [0.2, 0.25) is 0 Å². The molecule has 1 saturated heterocycles. The zero-order valence-corrected chi connectivity index (χ0v) is 15.6. The highest BCUT2D eigenvalue weighted by Crippen LogP contribution is 2.27. The summed E-state index contributed by atoms with van der Waals surface area (Å²) in [6.45, 7) is 0.514. The molecule has 28 heavy (non-hydrogen) atoms. The zero-order valence-electron chi connectivity index (χ0n) is 14.8. The number of carbonyl (C=O) groups excluding carboxylic acids is 2. The fraction of sp³-hybridized carbons (Fsp3) is 0.0455. The van der Waals surface area contributed by atoms with E-state index in [9.17, 15) is 9.59 Å². The van der Waals surface area contributed by atoms with Gasteiger partial charge >= 0.3 is 0 Å². The third-order valence-electron chi connectivity index (χ3n) is 4.12. The monoisotopic (exact) mass is 388 g/mol. The van der Waals surface area contributed by atoms with Crippen LogP contribution in [0.4, 0.5) is 4.79 Å². The first-order valence-corrected chi connectivity index (χ1v) is 9.47. The van der Waals surface area contributed by atoms with Gasteiger partial charge in [-0.25, -0.2) is 0 Å². The van der Waals surface area contributed by atoms with Crippen LogP contribution < -0.4 is 10.1 Å². The summed E-state index contributed by atoms with van der Waals surface area (Å²) >= 11 is 0.900. The molecule has 0 atom stereocenters. The molecular formula is C22H16N2O3S. The molecule has 6 heteroatoms. The molecule has 1 N–H and O–H groups in total. The molecule has 0 bridgehead atoms. The third-order valence-corrected chi connectivity index (χ3v) is 4.93. The van der Waals surface area contributed by atoms with Crippen LogP contribution in [-0.2, 0) is 11.4 Å². The van der Waals surface area contributed by atoms with Crippen molar-refractivity contribution < 1.29 is 14.3 Å². The smallest absolute Gasteiger partial charge is 0.290 e. The van der Waals surface area contributed by atoms with E-state index in [4.69, 9.17) is 4.74 Å². The number of nitrogens with one attached hydrogen (secondary N) is 1. The first-order chi connectivity index (χ1) is 13.7. The van der Waals surface area contributed by atoms with Crippen LogP contribution in [0.15, 0.2) is 77.8 Å². The van der Waals surface area contributed by atoms with E-state index in [0.717, 1.165) is 39.9 Å². The third kappa shape index (κ3) is 4.29. The normalized spacial score (nSPS) is 14.9. The van der Waals surface area contributed by atoms with Crippen molar-refractivity contribution in [2.24, 2.45) is 0 Å². The average molecular weight is 388 g/mol. The molecular weight excluding hydrogens is 372 g/mol. The second kappa shape index (κ2) is 8.10. The van der Waals surface area contributed by atoms with Gasteiger partial charge < -0.3 is 4.74 Å². The molecule has 2 amide bonds. The Balaban J connectivity index is 1.48.